The van der Waals surface area contributed by atoms with Gasteiger partial charge < -0.3 is 14.8 Å². The van der Waals surface area contributed by atoms with Crippen LogP contribution < -0.4 is 5.32 Å². The molecule has 5 heteroatoms. The molecule has 0 saturated carbocycles. The van der Waals surface area contributed by atoms with Crippen molar-refractivity contribution in [1.82, 2.24) is 4.98 Å². The van der Waals surface area contributed by atoms with Gasteiger partial charge in [0, 0.05) is 28.4 Å². The van der Waals surface area contributed by atoms with E-state index in [-0.39, 0.29) is 11.6 Å². The molecule has 2 aromatic heterocycles. The Kier molecular flexibility index (Phi) is 4.64. The molecule has 152 valence electrons. The SMILES string of the molecule is C[C@@H](Nc1ccccc1C(=O)O)c1cccc2c1oc1c(-c3ccccc3)ccnc12. The highest BCUT2D eigenvalue weighted by Gasteiger charge is 2.19. The average molecular weight is 408 g/mol. The molecule has 5 rings (SSSR count). The molecule has 5 aromatic rings. The van der Waals surface area contributed by atoms with Gasteiger partial charge in [0.2, 0.25) is 0 Å². The third kappa shape index (κ3) is 3.30. The minimum Gasteiger partial charge on any atom is -0.478 e. The van der Waals surface area contributed by atoms with Gasteiger partial charge in [-0.25, -0.2) is 4.79 Å². The van der Waals surface area contributed by atoms with Crippen molar-refractivity contribution in [3.8, 4) is 11.1 Å². The van der Waals surface area contributed by atoms with Crippen LogP contribution >= 0.6 is 0 Å². The minimum atomic E-state index is -0.964. The van der Waals surface area contributed by atoms with E-state index >= 15 is 0 Å². The molecule has 0 aliphatic carbocycles. The van der Waals surface area contributed by atoms with Crippen LogP contribution in [-0.4, -0.2) is 16.1 Å². The predicted molar refractivity (Wildman–Crippen MR) is 122 cm³/mol. The van der Waals surface area contributed by atoms with Crippen molar-refractivity contribution >= 4 is 33.7 Å². The molecule has 0 bridgehead atoms. The average Bonchev–Trinajstić information content (AvgIpc) is 3.19. The number of nitrogens with one attached hydrogen (secondary N) is 1. The second kappa shape index (κ2) is 7.61. The molecule has 2 heterocycles. The summed E-state index contributed by atoms with van der Waals surface area (Å²) in [5, 5.41) is 13.8. The summed E-state index contributed by atoms with van der Waals surface area (Å²) in [5.41, 5.74) is 6.11. The van der Waals surface area contributed by atoms with Crippen molar-refractivity contribution in [3.05, 3.63) is 96.2 Å². The fourth-order valence-electron chi connectivity index (χ4n) is 3.99. The van der Waals surface area contributed by atoms with Crippen LogP contribution in [0.1, 0.15) is 28.9 Å². The molecule has 0 aliphatic rings. The van der Waals surface area contributed by atoms with Crippen LogP contribution in [0.2, 0.25) is 0 Å². The zero-order valence-corrected chi connectivity index (χ0v) is 16.9. The molecule has 2 N–H and O–H groups in total. The van der Waals surface area contributed by atoms with Crippen molar-refractivity contribution in [2.75, 3.05) is 5.32 Å². The molecule has 1 atom stereocenters. The molecule has 3 aromatic carbocycles. The maximum absolute atomic E-state index is 11.6. The third-order valence-electron chi connectivity index (χ3n) is 5.49. The van der Waals surface area contributed by atoms with Gasteiger partial charge in [-0.05, 0) is 36.8 Å². The Labute approximate surface area is 179 Å². The van der Waals surface area contributed by atoms with Crippen molar-refractivity contribution in [3.63, 3.8) is 0 Å². The number of benzene rings is 3. The van der Waals surface area contributed by atoms with E-state index in [2.05, 4.69) is 22.4 Å². The lowest BCUT2D eigenvalue weighted by molar-refractivity contribution is 0.0698. The third-order valence-corrected chi connectivity index (χ3v) is 5.49. The largest absolute Gasteiger partial charge is 0.478 e. The van der Waals surface area contributed by atoms with Gasteiger partial charge in [0.15, 0.2) is 5.58 Å². The minimum absolute atomic E-state index is 0.176. The number of aromatic carboxylic acids is 1. The molecule has 0 radical (unpaired) electrons. The van der Waals surface area contributed by atoms with Crippen molar-refractivity contribution in [2.24, 2.45) is 0 Å². The number of carbonyl (C=O) groups is 1. The molecule has 0 unspecified atom stereocenters. The first-order valence-corrected chi connectivity index (χ1v) is 10.1. The highest BCUT2D eigenvalue weighted by molar-refractivity contribution is 6.08. The zero-order chi connectivity index (χ0) is 21.4. The van der Waals surface area contributed by atoms with Gasteiger partial charge in [-0.15, -0.1) is 0 Å². The first-order chi connectivity index (χ1) is 15.1. The second-order valence-electron chi connectivity index (χ2n) is 7.45. The number of aromatic nitrogens is 1. The number of carboxylic acids is 1. The fourth-order valence-corrected chi connectivity index (χ4v) is 3.99. The van der Waals surface area contributed by atoms with Crippen molar-refractivity contribution < 1.29 is 14.3 Å². The number of furan rings is 1. The summed E-state index contributed by atoms with van der Waals surface area (Å²) >= 11 is 0. The maximum Gasteiger partial charge on any atom is 0.337 e. The van der Waals surface area contributed by atoms with Crippen LogP contribution in [-0.2, 0) is 0 Å². The summed E-state index contributed by atoms with van der Waals surface area (Å²) in [6.07, 6.45) is 1.80. The van der Waals surface area contributed by atoms with Crippen LogP contribution in [0.5, 0.6) is 0 Å². The Morgan fingerprint density at radius 2 is 1.71 bits per heavy atom. The number of rotatable bonds is 5. The van der Waals surface area contributed by atoms with Crippen molar-refractivity contribution in [2.45, 2.75) is 13.0 Å². The summed E-state index contributed by atoms with van der Waals surface area (Å²) in [6.45, 7) is 1.99. The van der Waals surface area contributed by atoms with Gasteiger partial charge in [-0.1, -0.05) is 54.6 Å². The van der Waals surface area contributed by atoms with Crippen LogP contribution in [0.15, 0.2) is 89.5 Å². The Bertz CT molecular complexity index is 1410. The number of hydrogen-bond donors (Lipinski definition) is 2. The molecule has 0 saturated heterocycles. The summed E-state index contributed by atoms with van der Waals surface area (Å²) in [7, 11) is 0. The number of pyridine rings is 1. The van der Waals surface area contributed by atoms with Gasteiger partial charge in [0.1, 0.15) is 11.1 Å². The summed E-state index contributed by atoms with van der Waals surface area (Å²) in [4.78, 5) is 16.2. The van der Waals surface area contributed by atoms with E-state index in [0.717, 1.165) is 38.8 Å². The Hall–Kier alpha value is -4.12. The summed E-state index contributed by atoms with van der Waals surface area (Å²) in [5.74, 6) is -0.964. The number of para-hydroxylation sites is 2. The summed E-state index contributed by atoms with van der Waals surface area (Å²) in [6, 6.07) is 24.8. The smallest absolute Gasteiger partial charge is 0.337 e. The Morgan fingerprint density at radius 3 is 2.52 bits per heavy atom. The monoisotopic (exact) mass is 408 g/mol. The Balaban J connectivity index is 1.63. The first kappa shape index (κ1) is 18.9. The van der Waals surface area contributed by atoms with E-state index < -0.39 is 5.97 Å². The topological polar surface area (TPSA) is 75.4 Å². The van der Waals surface area contributed by atoms with Crippen LogP contribution in [0.3, 0.4) is 0 Å². The van der Waals surface area contributed by atoms with Gasteiger partial charge >= 0.3 is 5.97 Å². The van der Waals surface area contributed by atoms with E-state index in [1.807, 2.05) is 55.5 Å². The standard InChI is InChI=1S/C26H20N2O3/c1-16(28-22-13-6-5-10-20(22)26(29)30)18-11-7-12-21-23-25(31-24(18)21)19(14-15-27-23)17-8-3-2-4-9-17/h2-16,28H,1H3,(H,29,30)/t16-/m1/s1. The molecule has 31 heavy (non-hydrogen) atoms. The molecule has 0 amide bonds. The molecule has 0 spiro atoms. The normalized spacial score (nSPS) is 12.2. The van der Waals surface area contributed by atoms with Crippen LogP contribution in [0, 0.1) is 0 Å². The highest BCUT2D eigenvalue weighted by Crippen LogP contribution is 2.37. The number of fused-ring (bicyclic) bond motifs is 3. The molecule has 0 aliphatic heterocycles. The number of carboxylic acid groups (broad SMARTS) is 1. The molecular formula is C26H20N2O3. The highest BCUT2D eigenvalue weighted by atomic mass is 16.4. The lowest BCUT2D eigenvalue weighted by Gasteiger charge is -2.17. The van der Waals surface area contributed by atoms with E-state index in [0.29, 0.717) is 5.69 Å². The van der Waals surface area contributed by atoms with E-state index in [9.17, 15) is 9.90 Å². The molecule has 0 fully saturated rings. The van der Waals surface area contributed by atoms with Gasteiger partial charge in [-0.2, -0.15) is 0 Å². The number of anilines is 1. The lowest BCUT2D eigenvalue weighted by Crippen LogP contribution is -2.10. The van der Waals surface area contributed by atoms with E-state index in [1.54, 1.807) is 24.4 Å². The fraction of sp³-hybridized carbons (Fsp3) is 0.0769. The Morgan fingerprint density at radius 1 is 0.935 bits per heavy atom. The summed E-state index contributed by atoms with van der Waals surface area (Å²) < 4.78 is 6.39. The maximum atomic E-state index is 11.6. The first-order valence-electron chi connectivity index (χ1n) is 10.1. The molecular weight excluding hydrogens is 388 g/mol. The second-order valence-corrected chi connectivity index (χ2v) is 7.45. The zero-order valence-electron chi connectivity index (χ0n) is 16.9. The lowest BCUT2D eigenvalue weighted by atomic mass is 10.0. The van der Waals surface area contributed by atoms with Crippen molar-refractivity contribution in [1.29, 1.82) is 0 Å². The number of nitrogens with zero attached hydrogens (tertiary/aromatic N) is 1. The van der Waals surface area contributed by atoms with E-state index in [4.69, 9.17) is 4.42 Å². The van der Waals surface area contributed by atoms with Crippen LogP contribution in [0.25, 0.3) is 33.2 Å². The quantitative estimate of drug-likeness (QED) is 0.346. The van der Waals surface area contributed by atoms with Gasteiger partial charge in [0.25, 0.3) is 0 Å². The predicted octanol–water partition coefficient (Wildman–Crippen LogP) is 6.52. The van der Waals surface area contributed by atoms with Gasteiger partial charge in [0.05, 0.1) is 11.6 Å². The van der Waals surface area contributed by atoms with E-state index in [1.165, 1.54) is 0 Å². The molecule has 5 nitrogen and oxygen atoms in total. The van der Waals surface area contributed by atoms with Gasteiger partial charge in [-0.3, -0.25) is 4.98 Å². The van der Waals surface area contributed by atoms with Crippen LogP contribution in [0.4, 0.5) is 5.69 Å². The number of hydrogen-bond acceptors (Lipinski definition) is 4.